The molecule has 0 unspecified atom stereocenters. The average molecular weight is 271 g/mol. The molecule has 2 heterocycles. The van der Waals surface area contributed by atoms with Gasteiger partial charge >= 0.3 is 0 Å². The summed E-state index contributed by atoms with van der Waals surface area (Å²) in [6.45, 7) is 5.76. The van der Waals surface area contributed by atoms with E-state index in [2.05, 4.69) is 27.0 Å². The fourth-order valence-electron chi connectivity index (χ4n) is 2.26. The van der Waals surface area contributed by atoms with Crippen LogP contribution in [0.3, 0.4) is 0 Å². The van der Waals surface area contributed by atoms with Gasteiger partial charge in [-0.3, -0.25) is 4.79 Å². The molecule has 1 amide bonds. The Morgan fingerprint density at radius 3 is 2.60 bits per heavy atom. The maximum Gasteiger partial charge on any atom is 0.277 e. The molecule has 6 nitrogen and oxygen atoms in total. The first-order valence-corrected chi connectivity index (χ1v) is 6.64. The first-order valence-electron chi connectivity index (χ1n) is 6.64. The van der Waals surface area contributed by atoms with E-state index >= 15 is 0 Å². The molecule has 104 valence electrons. The largest absolute Gasteiger partial charge is 0.321 e. The zero-order valence-corrected chi connectivity index (χ0v) is 11.6. The van der Waals surface area contributed by atoms with Crippen molar-refractivity contribution < 1.29 is 4.79 Å². The zero-order valence-electron chi connectivity index (χ0n) is 11.6. The number of aromatic nitrogens is 3. The van der Waals surface area contributed by atoms with Gasteiger partial charge in [0, 0.05) is 18.8 Å². The minimum absolute atomic E-state index is 0.228. The van der Waals surface area contributed by atoms with E-state index < -0.39 is 0 Å². The number of carbonyl (C=O) groups excluding carboxylic acids is 1. The smallest absolute Gasteiger partial charge is 0.277 e. The lowest BCUT2D eigenvalue weighted by Gasteiger charge is -2.26. The lowest BCUT2D eigenvalue weighted by molar-refractivity contribution is 0.102. The van der Waals surface area contributed by atoms with E-state index in [0.717, 1.165) is 29.9 Å². The van der Waals surface area contributed by atoms with E-state index in [1.54, 1.807) is 10.9 Å². The van der Waals surface area contributed by atoms with Crippen molar-refractivity contribution in [2.24, 2.45) is 0 Å². The number of amides is 1. The summed E-state index contributed by atoms with van der Waals surface area (Å²) in [5.74, 6) is -0.228. The van der Waals surface area contributed by atoms with Crippen LogP contribution in [0.2, 0.25) is 0 Å². The van der Waals surface area contributed by atoms with E-state index in [1.165, 1.54) is 0 Å². The van der Waals surface area contributed by atoms with Crippen molar-refractivity contribution >= 4 is 11.6 Å². The number of hydrogen-bond donors (Lipinski definition) is 2. The Morgan fingerprint density at radius 2 is 2.00 bits per heavy atom. The highest BCUT2D eigenvalue weighted by Gasteiger charge is 2.21. The van der Waals surface area contributed by atoms with Gasteiger partial charge in [-0.1, -0.05) is 11.3 Å². The maximum atomic E-state index is 12.1. The number of carbonyl (C=O) groups is 1. The summed E-state index contributed by atoms with van der Waals surface area (Å²) in [5.41, 5.74) is 3.36. The van der Waals surface area contributed by atoms with Crippen LogP contribution in [0.1, 0.15) is 27.7 Å². The summed E-state index contributed by atoms with van der Waals surface area (Å²) in [7, 11) is 0. The topological polar surface area (TPSA) is 71.8 Å². The molecule has 0 aliphatic carbocycles. The van der Waals surface area contributed by atoms with Gasteiger partial charge in [0.15, 0.2) is 5.69 Å². The van der Waals surface area contributed by atoms with Crippen molar-refractivity contribution in [3.05, 3.63) is 41.2 Å². The van der Waals surface area contributed by atoms with E-state index in [9.17, 15) is 4.79 Å². The zero-order chi connectivity index (χ0) is 14.1. The highest BCUT2D eigenvalue weighted by Crippen LogP contribution is 2.15. The molecule has 1 saturated heterocycles. The minimum Gasteiger partial charge on any atom is -0.321 e. The fourth-order valence-corrected chi connectivity index (χ4v) is 2.26. The van der Waals surface area contributed by atoms with Crippen molar-refractivity contribution in [1.29, 1.82) is 0 Å². The molecule has 1 fully saturated rings. The highest BCUT2D eigenvalue weighted by atomic mass is 16.2. The van der Waals surface area contributed by atoms with E-state index in [4.69, 9.17) is 0 Å². The van der Waals surface area contributed by atoms with Crippen molar-refractivity contribution in [2.75, 3.05) is 18.4 Å². The molecule has 1 aromatic heterocycles. The van der Waals surface area contributed by atoms with E-state index in [-0.39, 0.29) is 5.91 Å². The summed E-state index contributed by atoms with van der Waals surface area (Å²) in [6, 6.07) is 6.25. The van der Waals surface area contributed by atoms with Gasteiger partial charge in [0.1, 0.15) is 0 Å². The molecule has 3 rings (SSSR count). The van der Waals surface area contributed by atoms with Gasteiger partial charge in [0.25, 0.3) is 5.91 Å². The molecule has 1 aromatic carbocycles. The van der Waals surface area contributed by atoms with Crippen LogP contribution in [0.4, 0.5) is 5.69 Å². The highest BCUT2D eigenvalue weighted by molar-refractivity contribution is 6.02. The van der Waals surface area contributed by atoms with E-state index in [1.807, 2.05) is 26.0 Å². The second kappa shape index (κ2) is 5.05. The third kappa shape index (κ3) is 2.55. The van der Waals surface area contributed by atoms with Crippen molar-refractivity contribution in [3.63, 3.8) is 0 Å². The lowest BCUT2D eigenvalue weighted by atomic mass is 10.1. The molecule has 0 spiro atoms. The Labute approximate surface area is 117 Å². The number of anilines is 1. The van der Waals surface area contributed by atoms with Crippen LogP contribution >= 0.6 is 0 Å². The molecule has 20 heavy (non-hydrogen) atoms. The molecule has 0 atom stereocenters. The summed E-state index contributed by atoms with van der Waals surface area (Å²) in [5, 5.41) is 14.0. The maximum absolute atomic E-state index is 12.1. The van der Waals surface area contributed by atoms with Crippen LogP contribution in [-0.2, 0) is 0 Å². The quantitative estimate of drug-likeness (QED) is 0.882. The lowest BCUT2D eigenvalue weighted by Crippen LogP contribution is -2.43. The number of benzene rings is 1. The van der Waals surface area contributed by atoms with Gasteiger partial charge in [0.2, 0.25) is 0 Å². The molecule has 1 aliphatic heterocycles. The number of rotatable bonds is 3. The van der Waals surface area contributed by atoms with Crippen LogP contribution in [0.5, 0.6) is 0 Å². The number of nitrogens with zero attached hydrogens (tertiary/aromatic N) is 3. The van der Waals surface area contributed by atoms with Gasteiger partial charge in [-0.2, -0.15) is 0 Å². The van der Waals surface area contributed by atoms with Crippen LogP contribution in [-0.4, -0.2) is 34.0 Å². The Hall–Kier alpha value is -2.21. The normalized spacial score (nSPS) is 14.9. The first-order chi connectivity index (χ1) is 9.61. The first kappa shape index (κ1) is 12.8. The van der Waals surface area contributed by atoms with Crippen molar-refractivity contribution in [1.82, 2.24) is 20.3 Å². The molecule has 6 heteroatoms. The van der Waals surface area contributed by atoms with Crippen molar-refractivity contribution in [3.8, 4) is 0 Å². The molecular weight excluding hydrogens is 254 g/mol. The third-order valence-corrected chi connectivity index (χ3v) is 3.36. The Morgan fingerprint density at radius 1 is 1.30 bits per heavy atom. The molecule has 2 aromatic rings. The summed E-state index contributed by atoms with van der Waals surface area (Å²) in [6.07, 6.45) is 1.70. The predicted molar refractivity (Wildman–Crippen MR) is 75.8 cm³/mol. The SMILES string of the molecule is Cc1cc(C)cc(NC(=O)c2cn(C3CNC3)nn2)c1. The van der Waals surface area contributed by atoms with Crippen LogP contribution < -0.4 is 10.6 Å². The molecule has 0 radical (unpaired) electrons. The van der Waals surface area contributed by atoms with Crippen LogP contribution in [0.15, 0.2) is 24.4 Å². The van der Waals surface area contributed by atoms with Crippen LogP contribution in [0, 0.1) is 13.8 Å². The molecule has 0 saturated carbocycles. The molecule has 1 aliphatic rings. The van der Waals surface area contributed by atoms with Gasteiger partial charge < -0.3 is 10.6 Å². The second-order valence-electron chi connectivity index (χ2n) is 5.23. The molecule has 0 bridgehead atoms. The standard InChI is InChI=1S/C14H17N5O/c1-9-3-10(2)5-11(4-9)16-14(20)13-8-19(18-17-13)12-6-15-7-12/h3-5,8,12,15H,6-7H2,1-2H3,(H,16,20). The van der Waals surface area contributed by atoms with E-state index in [0.29, 0.717) is 11.7 Å². The number of nitrogens with one attached hydrogen (secondary N) is 2. The second-order valence-corrected chi connectivity index (χ2v) is 5.23. The summed E-state index contributed by atoms with van der Waals surface area (Å²) >= 11 is 0. The Kier molecular flexibility index (Phi) is 3.23. The predicted octanol–water partition coefficient (Wildman–Crippen LogP) is 1.29. The summed E-state index contributed by atoms with van der Waals surface area (Å²) in [4.78, 5) is 12.1. The Balaban J connectivity index is 1.73. The average Bonchev–Trinajstić information content (AvgIpc) is 2.74. The molecule has 2 N–H and O–H groups in total. The number of aryl methyl sites for hydroxylation is 2. The monoisotopic (exact) mass is 271 g/mol. The van der Waals surface area contributed by atoms with Gasteiger partial charge in [-0.15, -0.1) is 5.10 Å². The third-order valence-electron chi connectivity index (χ3n) is 3.36. The van der Waals surface area contributed by atoms with Crippen LogP contribution in [0.25, 0.3) is 0 Å². The fraction of sp³-hybridized carbons (Fsp3) is 0.357. The van der Waals surface area contributed by atoms with Gasteiger partial charge in [-0.25, -0.2) is 4.68 Å². The minimum atomic E-state index is -0.228. The number of hydrogen-bond acceptors (Lipinski definition) is 4. The van der Waals surface area contributed by atoms with Crippen molar-refractivity contribution in [2.45, 2.75) is 19.9 Å². The Bertz CT molecular complexity index is 625. The van der Waals surface area contributed by atoms with Gasteiger partial charge in [-0.05, 0) is 37.1 Å². The molecular formula is C14H17N5O. The summed E-state index contributed by atoms with van der Waals surface area (Å²) < 4.78 is 1.74. The van der Waals surface area contributed by atoms with Gasteiger partial charge in [0.05, 0.1) is 12.2 Å².